The van der Waals surface area contributed by atoms with Crippen LogP contribution in [0.1, 0.15) is 22.6 Å². The van der Waals surface area contributed by atoms with Crippen molar-refractivity contribution in [1.82, 2.24) is 10.6 Å². The molecule has 6 nitrogen and oxygen atoms in total. The fourth-order valence-corrected chi connectivity index (χ4v) is 4.39. The van der Waals surface area contributed by atoms with Gasteiger partial charge in [-0.15, -0.1) is 0 Å². The minimum atomic E-state index is -0.453. The van der Waals surface area contributed by atoms with E-state index in [1.807, 2.05) is 91.0 Å². The molecule has 1 unspecified atom stereocenters. The number of fused-ring (bicyclic) bond motifs is 3. The number of benzene rings is 4. The van der Waals surface area contributed by atoms with Gasteiger partial charge in [0.1, 0.15) is 23.1 Å². The van der Waals surface area contributed by atoms with Crippen molar-refractivity contribution in [3.63, 3.8) is 0 Å². The van der Waals surface area contributed by atoms with E-state index in [-0.39, 0.29) is 5.88 Å². The molecule has 6 heteroatoms. The monoisotopic (exact) mass is 461 g/mol. The van der Waals surface area contributed by atoms with E-state index < -0.39 is 11.9 Å². The van der Waals surface area contributed by atoms with Gasteiger partial charge in [0.15, 0.2) is 0 Å². The summed E-state index contributed by atoms with van der Waals surface area (Å²) in [5, 5.41) is 17.9. The van der Waals surface area contributed by atoms with Crippen molar-refractivity contribution in [2.45, 2.75) is 12.5 Å². The summed E-state index contributed by atoms with van der Waals surface area (Å²) in [6, 6.07) is 30.9. The molecular formula is C29H23N3O3. The summed E-state index contributed by atoms with van der Waals surface area (Å²) in [5.74, 6) is 0.945. The predicted octanol–water partition coefficient (Wildman–Crippen LogP) is 5.61. The summed E-state index contributed by atoms with van der Waals surface area (Å²) in [4.78, 5) is 12.7. The highest BCUT2D eigenvalue weighted by Crippen LogP contribution is 2.46. The topological polar surface area (TPSA) is 83.4 Å². The average Bonchev–Trinajstić information content (AvgIpc) is 2.91. The highest BCUT2D eigenvalue weighted by atomic mass is 16.5. The molecule has 2 N–H and O–H groups in total. The summed E-state index contributed by atoms with van der Waals surface area (Å²) >= 11 is 0. The summed E-state index contributed by atoms with van der Waals surface area (Å²) < 4.78 is 11.6. The highest BCUT2D eigenvalue weighted by Gasteiger charge is 2.34. The van der Waals surface area contributed by atoms with Gasteiger partial charge in [-0.1, -0.05) is 72.8 Å². The number of rotatable bonds is 5. The first-order chi connectivity index (χ1) is 17.2. The Morgan fingerprint density at radius 2 is 1.80 bits per heavy atom. The maximum atomic E-state index is 12.7. The normalized spacial score (nSPS) is 14.5. The molecular weight excluding hydrogens is 438 g/mol. The molecule has 4 aromatic rings. The van der Waals surface area contributed by atoms with E-state index in [1.54, 1.807) is 7.11 Å². The smallest absolute Gasteiger partial charge is 0.321 e. The number of carbonyl (C=O) groups excluding carboxylic acids is 1. The van der Waals surface area contributed by atoms with E-state index in [2.05, 4.69) is 16.7 Å². The minimum absolute atomic E-state index is 0.119. The van der Waals surface area contributed by atoms with Crippen molar-refractivity contribution in [2.24, 2.45) is 0 Å². The fourth-order valence-electron chi connectivity index (χ4n) is 4.39. The summed E-state index contributed by atoms with van der Waals surface area (Å²) in [5.41, 5.74) is 3.03. The maximum Gasteiger partial charge on any atom is 0.321 e. The third kappa shape index (κ3) is 4.40. The molecule has 0 bridgehead atoms. The molecule has 0 spiro atoms. The van der Waals surface area contributed by atoms with E-state index in [1.165, 1.54) is 0 Å². The summed E-state index contributed by atoms with van der Waals surface area (Å²) in [7, 11) is 1.61. The van der Waals surface area contributed by atoms with Gasteiger partial charge in [-0.25, -0.2) is 4.79 Å². The molecule has 5 rings (SSSR count). The van der Waals surface area contributed by atoms with Gasteiger partial charge in [-0.3, -0.25) is 5.32 Å². The lowest BCUT2D eigenvalue weighted by molar-refractivity contribution is 0.236. The minimum Gasteiger partial charge on any atom is -0.497 e. The number of methoxy groups -OCH3 is 1. The Kier molecular flexibility index (Phi) is 6.06. The number of ether oxygens (including phenoxy) is 2. The molecule has 1 heterocycles. The largest absolute Gasteiger partial charge is 0.497 e. The Bertz CT molecular complexity index is 1470. The fraction of sp³-hybridized carbons (Fsp3) is 0.103. The van der Waals surface area contributed by atoms with Gasteiger partial charge < -0.3 is 14.8 Å². The van der Waals surface area contributed by atoms with Crippen molar-refractivity contribution in [1.29, 1.82) is 5.26 Å². The number of nitrogens with zero attached hydrogens (tertiary/aromatic N) is 1. The molecule has 35 heavy (non-hydrogen) atoms. The van der Waals surface area contributed by atoms with Crippen molar-refractivity contribution in [3.05, 3.63) is 119 Å². The van der Waals surface area contributed by atoms with Crippen LogP contribution in [-0.2, 0) is 6.54 Å². The van der Waals surface area contributed by atoms with Gasteiger partial charge in [0, 0.05) is 12.1 Å². The second-order valence-electron chi connectivity index (χ2n) is 8.16. The van der Waals surface area contributed by atoms with Gasteiger partial charge >= 0.3 is 6.03 Å². The number of urea groups is 1. The molecule has 1 atom stereocenters. The third-order valence-electron chi connectivity index (χ3n) is 6.04. The summed E-state index contributed by atoms with van der Waals surface area (Å²) in [6.45, 7) is 0.350. The van der Waals surface area contributed by atoms with Gasteiger partial charge in [-0.2, -0.15) is 5.26 Å². The molecule has 0 fully saturated rings. The molecule has 0 radical (unpaired) electrons. The number of carbonyl (C=O) groups is 1. The zero-order chi connectivity index (χ0) is 24.2. The second kappa shape index (κ2) is 9.62. The first-order valence-electron chi connectivity index (χ1n) is 11.2. The van der Waals surface area contributed by atoms with Crippen molar-refractivity contribution < 1.29 is 14.3 Å². The average molecular weight is 462 g/mol. The first-order valence-corrected chi connectivity index (χ1v) is 11.2. The molecule has 0 saturated carbocycles. The molecule has 0 aliphatic carbocycles. The Hall–Kier alpha value is -4.76. The van der Waals surface area contributed by atoms with Crippen molar-refractivity contribution in [3.8, 4) is 17.6 Å². The van der Waals surface area contributed by atoms with Crippen LogP contribution in [0.4, 0.5) is 4.79 Å². The van der Waals surface area contributed by atoms with E-state index in [4.69, 9.17) is 9.47 Å². The molecule has 2 amide bonds. The molecule has 1 aliphatic heterocycles. The predicted molar refractivity (Wildman–Crippen MR) is 134 cm³/mol. The van der Waals surface area contributed by atoms with Crippen LogP contribution in [0, 0.1) is 11.3 Å². The van der Waals surface area contributed by atoms with Crippen LogP contribution in [0.5, 0.6) is 11.5 Å². The van der Waals surface area contributed by atoms with E-state index in [0.29, 0.717) is 23.6 Å². The van der Waals surface area contributed by atoms with Crippen LogP contribution in [0.25, 0.3) is 10.8 Å². The Morgan fingerprint density at radius 1 is 1.00 bits per heavy atom. The number of amides is 2. The van der Waals surface area contributed by atoms with Gasteiger partial charge in [0.25, 0.3) is 0 Å². The maximum absolute atomic E-state index is 12.7. The number of hydrogen-bond acceptors (Lipinski definition) is 4. The van der Waals surface area contributed by atoms with Crippen LogP contribution in [0.3, 0.4) is 0 Å². The number of nitrogens with one attached hydrogen (secondary N) is 2. The zero-order valence-electron chi connectivity index (χ0n) is 19.1. The quantitative estimate of drug-likeness (QED) is 0.405. The molecule has 0 saturated heterocycles. The second-order valence-corrected chi connectivity index (χ2v) is 8.16. The molecule has 1 aliphatic rings. The van der Waals surface area contributed by atoms with E-state index in [9.17, 15) is 10.1 Å². The molecule has 172 valence electrons. The Morgan fingerprint density at radius 3 is 2.60 bits per heavy atom. The highest BCUT2D eigenvalue weighted by molar-refractivity contribution is 5.90. The summed E-state index contributed by atoms with van der Waals surface area (Å²) in [6.07, 6.45) is 0. The number of nitriles is 1. The zero-order valence-corrected chi connectivity index (χ0v) is 19.1. The van der Waals surface area contributed by atoms with Gasteiger partial charge in [-0.05, 0) is 40.1 Å². The van der Waals surface area contributed by atoms with Gasteiger partial charge in [0.2, 0.25) is 5.88 Å². The lowest BCUT2D eigenvalue weighted by Gasteiger charge is -2.29. The standard InChI is InChI=1S/C29H23N3O3/c1-34-22-12-7-11-21(16-22)26-24(17-30)28(32-29(33)31-18-19-8-3-2-4-9-19)35-25-15-14-20-10-5-6-13-23(20)27(25)26/h2-16,26H,18H2,1H3,(H2,31,32,33). The van der Waals surface area contributed by atoms with E-state index in [0.717, 1.165) is 27.5 Å². The first kappa shape index (κ1) is 22.1. The van der Waals surface area contributed by atoms with Crippen LogP contribution < -0.4 is 20.1 Å². The van der Waals surface area contributed by atoms with Crippen molar-refractivity contribution in [2.75, 3.05) is 7.11 Å². The van der Waals surface area contributed by atoms with Crippen LogP contribution in [0.2, 0.25) is 0 Å². The number of allylic oxidation sites excluding steroid dienone is 1. The van der Waals surface area contributed by atoms with Crippen LogP contribution in [-0.4, -0.2) is 13.1 Å². The Labute approximate surface area is 203 Å². The van der Waals surface area contributed by atoms with Crippen LogP contribution in [0.15, 0.2) is 102 Å². The third-order valence-corrected chi connectivity index (χ3v) is 6.04. The van der Waals surface area contributed by atoms with E-state index >= 15 is 0 Å². The molecule has 4 aromatic carbocycles. The lowest BCUT2D eigenvalue weighted by Crippen LogP contribution is -2.38. The SMILES string of the molecule is COc1cccc(C2C(C#N)=C(NC(=O)NCc3ccccc3)Oc3ccc4ccccc4c32)c1. The van der Waals surface area contributed by atoms with Gasteiger partial charge in [0.05, 0.1) is 13.0 Å². The lowest BCUT2D eigenvalue weighted by atomic mass is 9.81. The van der Waals surface area contributed by atoms with Crippen molar-refractivity contribution >= 4 is 16.8 Å². The van der Waals surface area contributed by atoms with Crippen LogP contribution >= 0.6 is 0 Å². The Balaban J connectivity index is 1.56. The molecule has 0 aromatic heterocycles. The number of hydrogen-bond donors (Lipinski definition) is 2.